The number of carbonyl (C=O) groups excluding carboxylic acids is 1. The normalized spacial score (nSPS) is 10.3. The number of hydrogen-bond acceptors (Lipinski definition) is 2. The lowest BCUT2D eigenvalue weighted by Crippen LogP contribution is -2.12. The van der Waals surface area contributed by atoms with Gasteiger partial charge in [0.05, 0.1) is 0 Å². The fourth-order valence-electron chi connectivity index (χ4n) is 1.85. The molecule has 3 nitrogen and oxygen atoms in total. The average molecular weight is 275 g/mol. The van der Waals surface area contributed by atoms with Crippen molar-refractivity contribution in [3.05, 3.63) is 64.2 Å². The molecule has 4 heteroatoms. The van der Waals surface area contributed by atoms with Crippen LogP contribution >= 0.6 is 11.6 Å². The van der Waals surface area contributed by atoms with Crippen molar-refractivity contribution in [3.8, 4) is 0 Å². The maximum atomic E-state index is 12.1. The van der Waals surface area contributed by atoms with Crippen molar-refractivity contribution in [2.45, 2.75) is 13.5 Å². The van der Waals surface area contributed by atoms with E-state index in [1.807, 2.05) is 37.3 Å². The first-order valence-electron chi connectivity index (χ1n) is 5.96. The summed E-state index contributed by atoms with van der Waals surface area (Å²) in [6.07, 6.45) is 0. The summed E-state index contributed by atoms with van der Waals surface area (Å²) in [6.45, 7) is 2.34. The van der Waals surface area contributed by atoms with Crippen LogP contribution in [0.3, 0.4) is 0 Å². The Hall–Kier alpha value is -1.84. The number of anilines is 1. The van der Waals surface area contributed by atoms with E-state index in [9.17, 15) is 4.79 Å². The number of carbonyl (C=O) groups is 1. The molecule has 0 atom stereocenters. The lowest BCUT2D eigenvalue weighted by atomic mass is 10.1. The van der Waals surface area contributed by atoms with Crippen LogP contribution in [0.4, 0.5) is 5.69 Å². The van der Waals surface area contributed by atoms with E-state index in [-0.39, 0.29) is 5.91 Å². The molecule has 98 valence electrons. The van der Waals surface area contributed by atoms with Crippen LogP contribution in [0, 0.1) is 6.92 Å². The number of benzene rings is 2. The molecule has 2 aromatic carbocycles. The van der Waals surface area contributed by atoms with Gasteiger partial charge in [0.2, 0.25) is 0 Å². The second-order valence-corrected chi connectivity index (χ2v) is 4.81. The van der Waals surface area contributed by atoms with Gasteiger partial charge in [-0.05, 0) is 48.4 Å². The van der Waals surface area contributed by atoms with Crippen molar-refractivity contribution in [2.75, 3.05) is 5.32 Å². The highest BCUT2D eigenvalue weighted by Crippen LogP contribution is 2.17. The van der Waals surface area contributed by atoms with Gasteiger partial charge in [-0.1, -0.05) is 23.7 Å². The van der Waals surface area contributed by atoms with Crippen LogP contribution in [0.15, 0.2) is 42.5 Å². The molecule has 19 heavy (non-hydrogen) atoms. The number of hydrogen-bond donors (Lipinski definition) is 2. The summed E-state index contributed by atoms with van der Waals surface area (Å²) in [7, 11) is 0. The summed E-state index contributed by atoms with van der Waals surface area (Å²) in [6, 6.07) is 12.7. The van der Waals surface area contributed by atoms with Crippen molar-refractivity contribution in [2.24, 2.45) is 5.73 Å². The molecule has 0 aliphatic rings. The molecule has 2 aromatic rings. The van der Waals surface area contributed by atoms with E-state index in [4.69, 9.17) is 17.3 Å². The van der Waals surface area contributed by atoms with E-state index in [0.29, 0.717) is 17.1 Å². The number of amides is 1. The molecule has 0 aromatic heterocycles. The Morgan fingerprint density at radius 3 is 2.74 bits per heavy atom. The smallest absolute Gasteiger partial charge is 0.255 e. The molecule has 1 amide bonds. The lowest BCUT2D eigenvalue weighted by molar-refractivity contribution is 0.102. The van der Waals surface area contributed by atoms with Crippen LogP contribution in [-0.4, -0.2) is 5.91 Å². The first kappa shape index (κ1) is 13.6. The molecule has 3 N–H and O–H groups in total. The third-order valence-corrected chi connectivity index (χ3v) is 2.94. The van der Waals surface area contributed by atoms with Crippen LogP contribution in [0.1, 0.15) is 21.5 Å². The second kappa shape index (κ2) is 5.87. The van der Waals surface area contributed by atoms with Gasteiger partial charge < -0.3 is 11.1 Å². The lowest BCUT2D eigenvalue weighted by Gasteiger charge is -2.08. The van der Waals surface area contributed by atoms with E-state index < -0.39 is 0 Å². The summed E-state index contributed by atoms with van der Waals surface area (Å²) >= 11 is 5.95. The molecule has 0 aliphatic carbocycles. The standard InChI is InChI=1S/C15H15ClN2O/c1-10-5-12(8-13(16)6-10)15(19)18-14-4-2-3-11(7-14)9-17/h2-8H,9,17H2,1H3,(H,18,19). The molecule has 0 fully saturated rings. The van der Waals surface area contributed by atoms with Gasteiger partial charge in [-0.2, -0.15) is 0 Å². The van der Waals surface area contributed by atoms with Crippen molar-refractivity contribution in [3.63, 3.8) is 0 Å². The number of aryl methyl sites for hydroxylation is 1. The SMILES string of the molecule is Cc1cc(Cl)cc(C(=O)Nc2cccc(CN)c2)c1. The Morgan fingerprint density at radius 1 is 1.26 bits per heavy atom. The highest BCUT2D eigenvalue weighted by Gasteiger charge is 2.07. The average Bonchev–Trinajstić information content (AvgIpc) is 2.37. The minimum absolute atomic E-state index is 0.181. The first-order valence-corrected chi connectivity index (χ1v) is 6.34. The number of nitrogens with two attached hydrogens (primary N) is 1. The predicted octanol–water partition coefficient (Wildman–Crippen LogP) is 3.36. The van der Waals surface area contributed by atoms with Crippen LogP contribution in [0.25, 0.3) is 0 Å². The Balaban J connectivity index is 2.20. The molecular formula is C15H15ClN2O. The van der Waals surface area contributed by atoms with Crippen molar-refractivity contribution in [1.29, 1.82) is 0 Å². The summed E-state index contributed by atoms with van der Waals surface area (Å²) in [5.41, 5.74) is 8.77. The van der Waals surface area contributed by atoms with Crippen LogP contribution < -0.4 is 11.1 Å². The predicted molar refractivity (Wildman–Crippen MR) is 78.5 cm³/mol. The number of nitrogens with one attached hydrogen (secondary N) is 1. The second-order valence-electron chi connectivity index (χ2n) is 4.38. The van der Waals surface area contributed by atoms with Gasteiger partial charge in [0.1, 0.15) is 0 Å². The van der Waals surface area contributed by atoms with Gasteiger partial charge >= 0.3 is 0 Å². The van der Waals surface area contributed by atoms with Gasteiger partial charge in [0.15, 0.2) is 0 Å². The van der Waals surface area contributed by atoms with E-state index in [0.717, 1.165) is 16.8 Å². The van der Waals surface area contributed by atoms with E-state index >= 15 is 0 Å². The minimum Gasteiger partial charge on any atom is -0.326 e. The van der Waals surface area contributed by atoms with Gasteiger partial charge in [-0.25, -0.2) is 0 Å². The molecule has 0 saturated carbocycles. The third kappa shape index (κ3) is 3.56. The maximum Gasteiger partial charge on any atom is 0.255 e. The molecule has 0 bridgehead atoms. The molecule has 0 saturated heterocycles. The molecule has 0 radical (unpaired) electrons. The summed E-state index contributed by atoms with van der Waals surface area (Å²) in [5, 5.41) is 3.39. The minimum atomic E-state index is -0.181. The topological polar surface area (TPSA) is 55.1 Å². The number of halogens is 1. The van der Waals surface area contributed by atoms with Crippen molar-refractivity contribution < 1.29 is 4.79 Å². The van der Waals surface area contributed by atoms with Crippen LogP contribution in [0.5, 0.6) is 0 Å². The Labute approximate surface area is 117 Å². The van der Waals surface area contributed by atoms with E-state index in [1.54, 1.807) is 12.1 Å². The highest BCUT2D eigenvalue weighted by atomic mass is 35.5. The zero-order chi connectivity index (χ0) is 13.8. The Bertz CT molecular complexity index is 591. The Kier molecular flexibility index (Phi) is 4.20. The van der Waals surface area contributed by atoms with Gasteiger partial charge in [0, 0.05) is 22.8 Å². The third-order valence-electron chi connectivity index (χ3n) is 2.72. The zero-order valence-corrected chi connectivity index (χ0v) is 11.4. The summed E-state index contributed by atoms with van der Waals surface area (Å²) in [5.74, 6) is -0.181. The van der Waals surface area contributed by atoms with Crippen molar-refractivity contribution in [1.82, 2.24) is 0 Å². The molecule has 0 unspecified atom stereocenters. The molecule has 2 rings (SSSR count). The van der Waals surface area contributed by atoms with Crippen LogP contribution in [-0.2, 0) is 6.54 Å². The maximum absolute atomic E-state index is 12.1. The van der Waals surface area contributed by atoms with Crippen molar-refractivity contribution >= 4 is 23.2 Å². The van der Waals surface area contributed by atoms with Gasteiger partial charge in [-0.15, -0.1) is 0 Å². The first-order chi connectivity index (χ1) is 9.08. The highest BCUT2D eigenvalue weighted by molar-refractivity contribution is 6.31. The fourth-order valence-corrected chi connectivity index (χ4v) is 2.14. The van der Waals surface area contributed by atoms with E-state index in [2.05, 4.69) is 5.32 Å². The molecular weight excluding hydrogens is 260 g/mol. The number of rotatable bonds is 3. The quantitative estimate of drug-likeness (QED) is 0.902. The zero-order valence-electron chi connectivity index (χ0n) is 10.6. The Morgan fingerprint density at radius 2 is 2.05 bits per heavy atom. The summed E-state index contributed by atoms with van der Waals surface area (Å²) < 4.78 is 0. The van der Waals surface area contributed by atoms with Gasteiger partial charge in [0.25, 0.3) is 5.91 Å². The van der Waals surface area contributed by atoms with Gasteiger partial charge in [-0.3, -0.25) is 4.79 Å². The monoisotopic (exact) mass is 274 g/mol. The fraction of sp³-hybridized carbons (Fsp3) is 0.133. The largest absolute Gasteiger partial charge is 0.326 e. The molecule has 0 aliphatic heterocycles. The van der Waals surface area contributed by atoms with E-state index in [1.165, 1.54) is 0 Å². The molecule has 0 spiro atoms. The van der Waals surface area contributed by atoms with Crippen LogP contribution in [0.2, 0.25) is 5.02 Å². The summed E-state index contributed by atoms with van der Waals surface area (Å²) in [4.78, 5) is 12.1. The molecule has 0 heterocycles.